The molecular weight excluding hydrogens is 300 g/mol. The molecule has 0 aliphatic heterocycles. The molecule has 24 heavy (non-hydrogen) atoms. The molecule has 5 nitrogen and oxygen atoms in total. The number of benzene rings is 1. The van der Waals surface area contributed by atoms with E-state index in [2.05, 4.69) is 48.3 Å². The van der Waals surface area contributed by atoms with Crippen LogP contribution in [0.3, 0.4) is 0 Å². The number of hydrogen-bond donors (Lipinski definition) is 2. The number of para-hydroxylation sites is 1. The van der Waals surface area contributed by atoms with E-state index in [1.54, 1.807) is 6.07 Å². The largest absolute Gasteiger partial charge is 0.352 e. The maximum Gasteiger partial charge on any atom is 0.274 e. The summed E-state index contributed by atoms with van der Waals surface area (Å²) in [6, 6.07) is 9.80. The fraction of sp³-hybridized carbons (Fsp3) is 0.421. The fourth-order valence-electron chi connectivity index (χ4n) is 2.37. The van der Waals surface area contributed by atoms with Gasteiger partial charge in [0.25, 0.3) is 5.91 Å². The van der Waals surface area contributed by atoms with Crippen LogP contribution in [0.15, 0.2) is 30.3 Å². The Morgan fingerprint density at radius 2 is 1.88 bits per heavy atom. The number of rotatable bonds is 6. The van der Waals surface area contributed by atoms with E-state index in [9.17, 15) is 4.79 Å². The number of aromatic nitrogens is 2. The van der Waals surface area contributed by atoms with Crippen LogP contribution < -0.4 is 10.6 Å². The molecular formula is C19H26N4O. The zero-order valence-electron chi connectivity index (χ0n) is 15.1. The maximum absolute atomic E-state index is 12.6. The van der Waals surface area contributed by atoms with Gasteiger partial charge in [0, 0.05) is 17.4 Å². The number of nitrogens with zero attached hydrogens (tertiary/aromatic N) is 2. The summed E-state index contributed by atoms with van der Waals surface area (Å²) in [5.74, 6) is 0.601. The molecule has 0 aliphatic carbocycles. The van der Waals surface area contributed by atoms with Gasteiger partial charge >= 0.3 is 0 Å². The number of nitrogens with one attached hydrogen (secondary N) is 2. The minimum absolute atomic E-state index is 0.221. The summed E-state index contributed by atoms with van der Waals surface area (Å²) >= 11 is 0. The third-order valence-electron chi connectivity index (χ3n) is 3.91. The van der Waals surface area contributed by atoms with Gasteiger partial charge in [-0.05, 0) is 43.9 Å². The minimum Gasteiger partial charge on any atom is -0.352 e. The Labute approximate surface area is 143 Å². The van der Waals surface area contributed by atoms with Crippen molar-refractivity contribution in [3.05, 3.63) is 47.3 Å². The highest BCUT2D eigenvalue weighted by atomic mass is 16.1. The van der Waals surface area contributed by atoms with E-state index in [0.29, 0.717) is 17.6 Å². The van der Waals surface area contributed by atoms with Crippen molar-refractivity contribution in [2.45, 2.75) is 53.0 Å². The van der Waals surface area contributed by atoms with Crippen LogP contribution in [0.5, 0.6) is 0 Å². The van der Waals surface area contributed by atoms with Crippen LogP contribution in [0.4, 0.5) is 11.6 Å². The zero-order chi connectivity index (χ0) is 17.7. The average Bonchev–Trinajstić information content (AvgIpc) is 2.54. The van der Waals surface area contributed by atoms with E-state index in [0.717, 1.165) is 23.4 Å². The van der Waals surface area contributed by atoms with Gasteiger partial charge in [0.1, 0.15) is 5.69 Å². The van der Waals surface area contributed by atoms with Gasteiger partial charge in [-0.25, -0.2) is 9.97 Å². The Balaban J connectivity index is 2.24. The molecule has 1 heterocycles. The standard InChI is InChI=1S/C19H26N4O/c1-6-13(4)20-19-21-14(5)11-17(23-19)18(24)22-16-10-8-7-9-15(16)12(2)3/h7-13H,6H2,1-5H3,(H,22,24)(H,20,21,23). The molecule has 1 unspecified atom stereocenters. The molecule has 0 radical (unpaired) electrons. The number of hydrogen-bond acceptors (Lipinski definition) is 4. The monoisotopic (exact) mass is 326 g/mol. The minimum atomic E-state index is -0.221. The van der Waals surface area contributed by atoms with Gasteiger partial charge in [0.2, 0.25) is 5.95 Å². The lowest BCUT2D eigenvalue weighted by atomic mass is 10.0. The van der Waals surface area contributed by atoms with Crippen molar-refractivity contribution in [1.29, 1.82) is 0 Å². The molecule has 0 saturated carbocycles. The molecule has 2 N–H and O–H groups in total. The van der Waals surface area contributed by atoms with Gasteiger partial charge in [0.05, 0.1) is 0 Å². The fourth-order valence-corrected chi connectivity index (χ4v) is 2.37. The number of anilines is 2. The lowest BCUT2D eigenvalue weighted by Gasteiger charge is -2.15. The molecule has 0 fully saturated rings. The third kappa shape index (κ3) is 4.54. The molecule has 0 bridgehead atoms. The summed E-state index contributed by atoms with van der Waals surface area (Å²) in [4.78, 5) is 21.3. The molecule has 128 valence electrons. The summed E-state index contributed by atoms with van der Waals surface area (Å²) in [6.07, 6.45) is 0.959. The molecule has 1 amide bonds. The summed E-state index contributed by atoms with van der Waals surface area (Å²) in [6.45, 7) is 10.2. The topological polar surface area (TPSA) is 66.9 Å². The average molecular weight is 326 g/mol. The Bertz CT molecular complexity index is 712. The number of aryl methyl sites for hydroxylation is 1. The van der Waals surface area contributed by atoms with Gasteiger partial charge in [-0.15, -0.1) is 0 Å². The summed E-state index contributed by atoms with van der Waals surface area (Å²) in [7, 11) is 0. The van der Waals surface area contributed by atoms with E-state index in [1.807, 2.05) is 31.2 Å². The van der Waals surface area contributed by atoms with Gasteiger partial charge in [-0.1, -0.05) is 39.0 Å². The van der Waals surface area contributed by atoms with Gasteiger partial charge in [-0.2, -0.15) is 0 Å². The SMILES string of the molecule is CCC(C)Nc1nc(C)cc(C(=O)Nc2ccccc2C(C)C)n1. The predicted molar refractivity (Wildman–Crippen MR) is 98.6 cm³/mol. The molecule has 5 heteroatoms. The van der Waals surface area contributed by atoms with Crippen molar-refractivity contribution in [3.8, 4) is 0 Å². The van der Waals surface area contributed by atoms with Crippen molar-refractivity contribution >= 4 is 17.5 Å². The smallest absolute Gasteiger partial charge is 0.274 e. The number of carbonyl (C=O) groups excluding carboxylic acids is 1. The molecule has 1 aromatic carbocycles. The molecule has 0 spiro atoms. The van der Waals surface area contributed by atoms with Gasteiger partial charge in [0.15, 0.2) is 0 Å². The normalized spacial score (nSPS) is 12.1. The van der Waals surface area contributed by atoms with E-state index < -0.39 is 0 Å². The molecule has 2 aromatic rings. The van der Waals surface area contributed by atoms with Crippen LogP contribution in [-0.2, 0) is 0 Å². The van der Waals surface area contributed by atoms with Crippen LogP contribution in [0.2, 0.25) is 0 Å². The van der Waals surface area contributed by atoms with Crippen molar-refractivity contribution in [2.24, 2.45) is 0 Å². The van der Waals surface area contributed by atoms with Crippen molar-refractivity contribution < 1.29 is 4.79 Å². The van der Waals surface area contributed by atoms with E-state index in [1.165, 1.54) is 0 Å². The second-order valence-electron chi connectivity index (χ2n) is 6.37. The summed E-state index contributed by atoms with van der Waals surface area (Å²) < 4.78 is 0. The quantitative estimate of drug-likeness (QED) is 0.827. The van der Waals surface area contributed by atoms with Crippen LogP contribution in [0.1, 0.15) is 61.8 Å². The predicted octanol–water partition coefficient (Wildman–Crippen LogP) is 4.37. The van der Waals surface area contributed by atoms with Crippen LogP contribution in [0, 0.1) is 6.92 Å². The highest BCUT2D eigenvalue weighted by Crippen LogP contribution is 2.24. The summed E-state index contributed by atoms with van der Waals surface area (Å²) in [5.41, 5.74) is 3.06. The number of amides is 1. The second-order valence-corrected chi connectivity index (χ2v) is 6.37. The second kappa shape index (κ2) is 7.90. The molecule has 0 saturated heterocycles. The summed E-state index contributed by atoms with van der Waals surface area (Å²) in [5, 5.41) is 6.19. The van der Waals surface area contributed by atoms with Crippen molar-refractivity contribution in [1.82, 2.24) is 9.97 Å². The van der Waals surface area contributed by atoms with Crippen molar-refractivity contribution in [3.63, 3.8) is 0 Å². The first-order chi connectivity index (χ1) is 11.4. The first kappa shape index (κ1) is 17.9. The first-order valence-electron chi connectivity index (χ1n) is 8.43. The molecule has 2 rings (SSSR count). The first-order valence-corrected chi connectivity index (χ1v) is 8.43. The highest BCUT2D eigenvalue weighted by Gasteiger charge is 2.14. The van der Waals surface area contributed by atoms with Crippen LogP contribution in [-0.4, -0.2) is 21.9 Å². The van der Waals surface area contributed by atoms with Crippen molar-refractivity contribution in [2.75, 3.05) is 10.6 Å². The lowest BCUT2D eigenvalue weighted by molar-refractivity contribution is 0.102. The van der Waals surface area contributed by atoms with Crippen LogP contribution in [0.25, 0.3) is 0 Å². The number of carbonyl (C=O) groups is 1. The zero-order valence-corrected chi connectivity index (χ0v) is 15.1. The Morgan fingerprint density at radius 1 is 1.17 bits per heavy atom. The Hall–Kier alpha value is -2.43. The Morgan fingerprint density at radius 3 is 2.54 bits per heavy atom. The third-order valence-corrected chi connectivity index (χ3v) is 3.91. The highest BCUT2D eigenvalue weighted by molar-refractivity contribution is 6.03. The van der Waals surface area contributed by atoms with Gasteiger partial charge < -0.3 is 10.6 Å². The molecule has 0 aliphatic rings. The molecule has 1 atom stereocenters. The maximum atomic E-state index is 12.6. The Kier molecular flexibility index (Phi) is 5.90. The van der Waals surface area contributed by atoms with Crippen LogP contribution >= 0.6 is 0 Å². The molecule has 1 aromatic heterocycles. The lowest BCUT2D eigenvalue weighted by Crippen LogP contribution is -2.20. The van der Waals surface area contributed by atoms with E-state index >= 15 is 0 Å². The van der Waals surface area contributed by atoms with E-state index in [4.69, 9.17) is 0 Å². The van der Waals surface area contributed by atoms with E-state index in [-0.39, 0.29) is 11.9 Å². The van der Waals surface area contributed by atoms with Gasteiger partial charge in [-0.3, -0.25) is 4.79 Å².